The fourth-order valence-corrected chi connectivity index (χ4v) is 0.733. The van der Waals surface area contributed by atoms with Crippen LogP contribution in [0.25, 0.3) is 0 Å². The number of primary amides is 1. The summed E-state index contributed by atoms with van der Waals surface area (Å²) in [4.78, 5) is 10.1. The van der Waals surface area contributed by atoms with E-state index >= 15 is 0 Å². The van der Waals surface area contributed by atoms with Gasteiger partial charge in [0, 0.05) is 0 Å². The molecule has 0 unspecified atom stereocenters. The summed E-state index contributed by atoms with van der Waals surface area (Å²) in [5.74, 6) is 0.476. The van der Waals surface area contributed by atoms with Crippen LogP contribution in [0, 0.1) is 0 Å². The van der Waals surface area contributed by atoms with Gasteiger partial charge in [0.25, 0.3) is 0 Å². The summed E-state index contributed by atoms with van der Waals surface area (Å²) < 4.78 is 3.54. The summed E-state index contributed by atoms with van der Waals surface area (Å²) in [7, 11) is 0. The van der Waals surface area contributed by atoms with Crippen LogP contribution in [0.5, 0.6) is 0 Å². The molecule has 0 saturated carbocycles. The van der Waals surface area contributed by atoms with E-state index in [1.54, 1.807) is 5.38 Å². The lowest BCUT2D eigenvalue weighted by Gasteiger charge is -1.98. The van der Waals surface area contributed by atoms with Gasteiger partial charge in [0.1, 0.15) is 0 Å². The van der Waals surface area contributed by atoms with Gasteiger partial charge in [-0.2, -0.15) is 0 Å². The number of hydrogen-bond donors (Lipinski definition) is 3. The normalized spacial score (nSPS) is 8.80. The Morgan fingerprint density at radius 2 is 2.60 bits per heavy atom. The number of anilines is 1. The van der Waals surface area contributed by atoms with Gasteiger partial charge in [-0.05, 0) is 11.5 Å². The molecule has 54 valence electrons. The van der Waals surface area contributed by atoms with Crippen LogP contribution in [0.3, 0.4) is 0 Å². The Bertz CT molecular complexity index is 209. The number of carbonyl (C=O) groups excluding carboxylic acids is 1. The molecule has 0 aliphatic heterocycles. The van der Waals surface area contributed by atoms with Gasteiger partial charge in [0.2, 0.25) is 0 Å². The van der Waals surface area contributed by atoms with E-state index in [-0.39, 0.29) is 0 Å². The van der Waals surface area contributed by atoms with Gasteiger partial charge in [-0.15, -0.1) is 5.10 Å². The monoisotopic (exact) mass is 159 g/mol. The number of amides is 2. The minimum atomic E-state index is -0.659. The molecule has 1 aromatic rings. The number of nitrogens with zero attached hydrogens (tertiary/aromatic N) is 2. The van der Waals surface area contributed by atoms with E-state index in [0.717, 1.165) is 0 Å². The summed E-state index contributed by atoms with van der Waals surface area (Å²) in [6, 6.07) is -0.659. The molecule has 0 radical (unpaired) electrons. The Morgan fingerprint density at radius 3 is 3.10 bits per heavy atom. The number of aromatic nitrogens is 2. The number of hydrazine groups is 1. The van der Waals surface area contributed by atoms with Crippen molar-refractivity contribution in [2.24, 2.45) is 5.73 Å². The molecule has 6 nitrogen and oxygen atoms in total. The summed E-state index contributed by atoms with van der Waals surface area (Å²) in [5, 5.41) is 5.21. The SMILES string of the molecule is NC(=O)NNc1csnn1. The first-order chi connectivity index (χ1) is 4.79. The van der Waals surface area contributed by atoms with Gasteiger partial charge in [-0.1, -0.05) is 4.49 Å². The molecule has 1 rings (SSSR count). The predicted octanol–water partition coefficient (Wildman–Crippen LogP) is -0.467. The molecule has 1 heterocycles. The van der Waals surface area contributed by atoms with Crippen molar-refractivity contribution in [1.29, 1.82) is 0 Å². The maximum absolute atomic E-state index is 10.1. The van der Waals surface area contributed by atoms with Crippen LogP contribution in [0.15, 0.2) is 5.38 Å². The third-order valence-electron chi connectivity index (χ3n) is 0.674. The van der Waals surface area contributed by atoms with Crippen molar-refractivity contribution in [3.8, 4) is 0 Å². The maximum Gasteiger partial charge on any atom is 0.330 e. The first-order valence-corrected chi connectivity index (χ1v) is 3.21. The van der Waals surface area contributed by atoms with Gasteiger partial charge in [0.15, 0.2) is 5.82 Å². The predicted molar refractivity (Wildman–Crippen MR) is 36.3 cm³/mol. The highest BCUT2D eigenvalue weighted by Crippen LogP contribution is 1.99. The molecule has 1 aromatic heterocycles. The van der Waals surface area contributed by atoms with E-state index in [2.05, 4.69) is 20.4 Å². The first kappa shape index (κ1) is 6.75. The average Bonchev–Trinajstić information content (AvgIpc) is 2.34. The third-order valence-corrected chi connectivity index (χ3v) is 1.18. The fourth-order valence-electron chi connectivity index (χ4n) is 0.345. The molecule has 0 aromatic carbocycles. The highest BCUT2D eigenvalue weighted by atomic mass is 32.1. The zero-order chi connectivity index (χ0) is 7.40. The molecule has 0 saturated heterocycles. The number of rotatable bonds is 2. The van der Waals surface area contributed by atoms with Crippen LogP contribution in [0.4, 0.5) is 10.6 Å². The van der Waals surface area contributed by atoms with Crippen molar-refractivity contribution in [2.75, 3.05) is 5.43 Å². The van der Waals surface area contributed by atoms with E-state index < -0.39 is 6.03 Å². The van der Waals surface area contributed by atoms with E-state index in [9.17, 15) is 4.79 Å². The van der Waals surface area contributed by atoms with Crippen molar-refractivity contribution in [3.63, 3.8) is 0 Å². The summed E-state index contributed by atoms with van der Waals surface area (Å²) in [5.41, 5.74) is 9.33. The van der Waals surface area contributed by atoms with Crippen molar-refractivity contribution in [2.45, 2.75) is 0 Å². The summed E-state index contributed by atoms with van der Waals surface area (Å²) >= 11 is 1.18. The Balaban J connectivity index is 2.35. The van der Waals surface area contributed by atoms with Gasteiger partial charge in [-0.25, -0.2) is 4.79 Å². The lowest BCUT2D eigenvalue weighted by atomic mass is 10.8. The molecule has 0 spiro atoms. The minimum Gasteiger partial charge on any atom is -0.350 e. The Kier molecular flexibility index (Phi) is 2.00. The lowest BCUT2D eigenvalue weighted by Crippen LogP contribution is -2.34. The molecule has 10 heavy (non-hydrogen) atoms. The van der Waals surface area contributed by atoms with E-state index in [0.29, 0.717) is 5.82 Å². The molecular weight excluding hydrogens is 154 g/mol. The highest BCUT2D eigenvalue weighted by molar-refractivity contribution is 7.03. The first-order valence-electron chi connectivity index (χ1n) is 2.37. The number of nitrogens with two attached hydrogens (primary N) is 1. The molecule has 7 heteroatoms. The highest BCUT2D eigenvalue weighted by Gasteiger charge is 1.93. The standard InChI is InChI=1S/C3H5N5OS/c4-3(9)7-5-2-1-10-8-6-2/h1,5H,(H3,4,7,9). The van der Waals surface area contributed by atoms with Crippen molar-refractivity contribution >= 4 is 23.4 Å². The Labute approximate surface area is 60.6 Å². The molecule has 0 atom stereocenters. The van der Waals surface area contributed by atoms with Crippen molar-refractivity contribution < 1.29 is 4.79 Å². The Hall–Kier alpha value is -1.37. The van der Waals surface area contributed by atoms with Gasteiger partial charge in [-0.3, -0.25) is 10.9 Å². The van der Waals surface area contributed by atoms with Crippen LogP contribution in [0.1, 0.15) is 0 Å². The topological polar surface area (TPSA) is 92.9 Å². The largest absolute Gasteiger partial charge is 0.350 e. The van der Waals surface area contributed by atoms with Crippen LogP contribution in [-0.2, 0) is 0 Å². The van der Waals surface area contributed by atoms with Gasteiger partial charge < -0.3 is 5.73 Å². The number of carbonyl (C=O) groups is 1. The second kappa shape index (κ2) is 2.97. The van der Waals surface area contributed by atoms with Crippen LogP contribution >= 0.6 is 11.5 Å². The fraction of sp³-hybridized carbons (Fsp3) is 0. The zero-order valence-electron chi connectivity index (χ0n) is 4.87. The van der Waals surface area contributed by atoms with Gasteiger partial charge in [0.05, 0.1) is 5.38 Å². The number of nitrogens with one attached hydrogen (secondary N) is 2. The quantitative estimate of drug-likeness (QED) is 0.509. The number of urea groups is 1. The minimum absolute atomic E-state index is 0.476. The molecule has 0 aliphatic carbocycles. The number of hydrogen-bond acceptors (Lipinski definition) is 5. The molecule has 0 fully saturated rings. The average molecular weight is 159 g/mol. The zero-order valence-corrected chi connectivity index (χ0v) is 5.68. The van der Waals surface area contributed by atoms with Crippen LogP contribution in [0.2, 0.25) is 0 Å². The second-order valence-electron chi connectivity index (χ2n) is 1.40. The summed E-state index contributed by atoms with van der Waals surface area (Å²) in [6.45, 7) is 0. The van der Waals surface area contributed by atoms with E-state index in [4.69, 9.17) is 5.73 Å². The molecule has 2 amide bonds. The summed E-state index contributed by atoms with van der Waals surface area (Å²) in [6.07, 6.45) is 0. The molecule has 0 bridgehead atoms. The lowest BCUT2D eigenvalue weighted by molar-refractivity contribution is 0.250. The second-order valence-corrected chi connectivity index (χ2v) is 2.01. The smallest absolute Gasteiger partial charge is 0.330 e. The van der Waals surface area contributed by atoms with Crippen molar-refractivity contribution in [3.05, 3.63) is 5.38 Å². The molecule has 0 aliphatic rings. The Morgan fingerprint density at radius 1 is 1.80 bits per heavy atom. The maximum atomic E-state index is 10.1. The van der Waals surface area contributed by atoms with Crippen molar-refractivity contribution in [1.82, 2.24) is 15.0 Å². The van der Waals surface area contributed by atoms with Crippen LogP contribution < -0.4 is 16.6 Å². The van der Waals surface area contributed by atoms with E-state index in [1.165, 1.54) is 11.5 Å². The van der Waals surface area contributed by atoms with Gasteiger partial charge >= 0.3 is 6.03 Å². The van der Waals surface area contributed by atoms with Crippen LogP contribution in [-0.4, -0.2) is 15.6 Å². The molecular formula is C3H5N5OS. The van der Waals surface area contributed by atoms with E-state index in [1.807, 2.05) is 0 Å². The molecule has 4 N–H and O–H groups in total. The third kappa shape index (κ3) is 1.86.